The lowest BCUT2D eigenvalue weighted by molar-refractivity contribution is -0.120. The summed E-state index contributed by atoms with van der Waals surface area (Å²) >= 11 is 11.9. The van der Waals surface area contributed by atoms with Gasteiger partial charge in [-0.15, -0.1) is 10.2 Å². The number of hydrogen-bond donors (Lipinski definition) is 2. The van der Waals surface area contributed by atoms with Crippen LogP contribution in [0.15, 0.2) is 29.4 Å². The highest BCUT2D eigenvalue weighted by molar-refractivity contribution is 7.15. The van der Waals surface area contributed by atoms with Crippen molar-refractivity contribution in [2.24, 2.45) is 5.10 Å². The first-order valence-corrected chi connectivity index (χ1v) is 8.54. The Hall–Kier alpha value is -2.23. The van der Waals surface area contributed by atoms with Crippen molar-refractivity contribution in [1.82, 2.24) is 15.6 Å². The van der Waals surface area contributed by atoms with E-state index in [-0.39, 0.29) is 17.5 Å². The maximum Gasteiger partial charge on any atom is 0.259 e. The van der Waals surface area contributed by atoms with Crippen molar-refractivity contribution in [3.63, 3.8) is 0 Å². The molecule has 0 saturated heterocycles. The average molecular weight is 402 g/mol. The summed E-state index contributed by atoms with van der Waals surface area (Å²) in [7, 11) is 1.58. The van der Waals surface area contributed by atoms with Gasteiger partial charge in [0.15, 0.2) is 4.84 Å². The second kappa shape index (κ2) is 9.30. The van der Waals surface area contributed by atoms with Gasteiger partial charge in [0.2, 0.25) is 11.0 Å². The van der Waals surface area contributed by atoms with Crippen LogP contribution in [-0.2, 0) is 16.0 Å². The Bertz CT molecular complexity index is 764. The van der Waals surface area contributed by atoms with E-state index in [1.54, 1.807) is 31.4 Å². The molecule has 0 fully saturated rings. The minimum atomic E-state index is -1.21. The third kappa shape index (κ3) is 6.29. The Morgan fingerprint density at radius 2 is 2.04 bits per heavy atom. The van der Waals surface area contributed by atoms with Crippen LogP contribution in [0.25, 0.3) is 0 Å². The van der Waals surface area contributed by atoms with Gasteiger partial charge in [0, 0.05) is 0 Å². The molecule has 0 aliphatic rings. The second-order valence-corrected chi connectivity index (χ2v) is 6.69. The molecule has 0 bridgehead atoms. The first-order valence-electron chi connectivity index (χ1n) is 6.85. The molecule has 1 aromatic heterocycles. The normalized spacial score (nSPS) is 10.9. The number of anilines is 1. The fourth-order valence-electron chi connectivity index (χ4n) is 1.58. The van der Waals surface area contributed by atoms with Crippen LogP contribution in [0.4, 0.5) is 5.13 Å². The summed E-state index contributed by atoms with van der Waals surface area (Å²) in [5.41, 5.74) is 3.19. The summed E-state index contributed by atoms with van der Waals surface area (Å²) in [6.45, 7) is 0. The van der Waals surface area contributed by atoms with Crippen LogP contribution in [0.3, 0.4) is 0 Å². The molecule has 25 heavy (non-hydrogen) atoms. The van der Waals surface area contributed by atoms with Crippen LogP contribution in [-0.4, -0.2) is 40.2 Å². The average Bonchev–Trinajstić information content (AvgIpc) is 3.02. The third-order valence-electron chi connectivity index (χ3n) is 2.73. The number of hydrazone groups is 1. The van der Waals surface area contributed by atoms with Crippen molar-refractivity contribution in [1.29, 1.82) is 0 Å². The fourth-order valence-corrected chi connectivity index (χ4v) is 2.43. The summed E-state index contributed by atoms with van der Waals surface area (Å²) < 4.78 is 5.05. The van der Waals surface area contributed by atoms with Crippen LogP contribution in [0.1, 0.15) is 10.6 Å². The number of aromatic nitrogens is 2. The van der Waals surface area contributed by atoms with Gasteiger partial charge in [-0.25, -0.2) is 5.43 Å². The lowest BCUT2D eigenvalue weighted by Gasteiger charge is -1.99. The van der Waals surface area contributed by atoms with Crippen molar-refractivity contribution >= 4 is 57.7 Å². The number of hydrogen-bond acceptors (Lipinski definition) is 7. The highest BCUT2D eigenvalue weighted by Crippen LogP contribution is 2.17. The van der Waals surface area contributed by atoms with E-state index in [9.17, 15) is 9.59 Å². The summed E-state index contributed by atoms with van der Waals surface area (Å²) in [6, 6.07) is 7.17. The lowest BCUT2D eigenvalue weighted by Crippen LogP contribution is -2.19. The van der Waals surface area contributed by atoms with Gasteiger partial charge in [-0.05, 0) is 29.8 Å². The van der Waals surface area contributed by atoms with Gasteiger partial charge in [-0.2, -0.15) is 5.10 Å². The van der Waals surface area contributed by atoms with Crippen molar-refractivity contribution in [3.05, 3.63) is 34.8 Å². The number of alkyl halides is 2. The number of ether oxygens (including phenoxy) is 1. The molecule has 2 rings (SSSR count). The number of rotatable bonds is 7. The van der Waals surface area contributed by atoms with Gasteiger partial charge in [0.25, 0.3) is 5.91 Å². The molecule has 0 unspecified atom stereocenters. The van der Waals surface area contributed by atoms with Gasteiger partial charge >= 0.3 is 0 Å². The Kier molecular flexibility index (Phi) is 7.11. The van der Waals surface area contributed by atoms with E-state index in [4.69, 9.17) is 27.9 Å². The standard InChI is InChI=1S/C14H13Cl2N5O3S/c1-24-9-4-2-8(3-5-9)7-17-19-10(22)6-11-20-21-14(25-11)18-13(23)12(15)16/h2-5,7,12H,6H2,1H3,(H,19,22)(H,18,21,23)/b17-7-. The molecular weight excluding hydrogens is 389 g/mol. The van der Waals surface area contributed by atoms with Crippen LogP contribution in [0.5, 0.6) is 5.75 Å². The van der Waals surface area contributed by atoms with Gasteiger partial charge < -0.3 is 4.74 Å². The van der Waals surface area contributed by atoms with Crippen molar-refractivity contribution in [2.45, 2.75) is 11.3 Å². The zero-order valence-electron chi connectivity index (χ0n) is 12.9. The fraction of sp³-hybridized carbons (Fsp3) is 0.214. The van der Waals surface area contributed by atoms with E-state index in [1.807, 2.05) is 0 Å². The number of methoxy groups -OCH3 is 1. The van der Waals surface area contributed by atoms with Crippen LogP contribution in [0.2, 0.25) is 0 Å². The highest BCUT2D eigenvalue weighted by atomic mass is 35.5. The number of carbonyl (C=O) groups excluding carboxylic acids is 2. The van der Waals surface area contributed by atoms with Gasteiger partial charge in [0.05, 0.1) is 19.7 Å². The number of benzene rings is 1. The molecule has 8 nitrogen and oxygen atoms in total. The second-order valence-electron chi connectivity index (χ2n) is 4.53. The zero-order valence-corrected chi connectivity index (χ0v) is 15.2. The maximum atomic E-state index is 11.8. The summed E-state index contributed by atoms with van der Waals surface area (Å²) in [6.07, 6.45) is 1.48. The number of carbonyl (C=O) groups is 2. The molecule has 11 heteroatoms. The van der Waals surface area contributed by atoms with E-state index in [0.717, 1.165) is 22.6 Å². The third-order valence-corrected chi connectivity index (χ3v) is 3.96. The topological polar surface area (TPSA) is 106 Å². The van der Waals surface area contributed by atoms with Crippen LogP contribution >= 0.6 is 34.5 Å². The Morgan fingerprint density at radius 3 is 2.68 bits per heavy atom. The zero-order chi connectivity index (χ0) is 18.2. The largest absolute Gasteiger partial charge is 0.497 e. The molecule has 0 aliphatic carbocycles. The SMILES string of the molecule is COc1ccc(/C=N\NC(=O)Cc2nnc(NC(=O)C(Cl)Cl)s2)cc1. The van der Waals surface area contributed by atoms with Crippen LogP contribution in [0, 0.1) is 0 Å². The van der Waals surface area contributed by atoms with E-state index in [1.165, 1.54) is 6.21 Å². The van der Waals surface area contributed by atoms with Crippen LogP contribution < -0.4 is 15.5 Å². The summed E-state index contributed by atoms with van der Waals surface area (Å²) in [5.74, 6) is -0.249. The smallest absolute Gasteiger partial charge is 0.259 e. The Balaban J connectivity index is 1.82. The highest BCUT2D eigenvalue weighted by Gasteiger charge is 2.15. The quantitative estimate of drug-likeness (QED) is 0.419. The minimum Gasteiger partial charge on any atom is -0.497 e. The van der Waals surface area contributed by atoms with Gasteiger partial charge in [-0.1, -0.05) is 34.5 Å². The lowest BCUT2D eigenvalue weighted by atomic mass is 10.2. The monoisotopic (exact) mass is 401 g/mol. The predicted molar refractivity (Wildman–Crippen MR) is 96.5 cm³/mol. The summed E-state index contributed by atoms with van der Waals surface area (Å²) in [4.78, 5) is 21.9. The number of nitrogens with one attached hydrogen (secondary N) is 2. The van der Waals surface area contributed by atoms with Crippen molar-refractivity contribution in [2.75, 3.05) is 12.4 Å². The van der Waals surface area contributed by atoms with E-state index in [0.29, 0.717) is 5.01 Å². The van der Waals surface area contributed by atoms with Crippen molar-refractivity contribution in [3.8, 4) is 5.75 Å². The molecule has 0 atom stereocenters. The predicted octanol–water partition coefficient (Wildman–Crippen LogP) is 1.98. The molecular formula is C14H13Cl2N5O3S. The van der Waals surface area contributed by atoms with E-state index >= 15 is 0 Å². The Labute approximate surface area is 157 Å². The number of halogens is 2. The van der Waals surface area contributed by atoms with Crippen molar-refractivity contribution < 1.29 is 14.3 Å². The number of nitrogens with zero attached hydrogens (tertiary/aromatic N) is 3. The van der Waals surface area contributed by atoms with Gasteiger partial charge in [-0.3, -0.25) is 14.9 Å². The first kappa shape index (κ1) is 19.1. The molecule has 2 amide bonds. The molecule has 0 spiro atoms. The summed E-state index contributed by atoms with van der Waals surface area (Å²) in [5, 5.41) is 14.4. The molecule has 0 radical (unpaired) electrons. The maximum absolute atomic E-state index is 11.8. The molecule has 0 aliphatic heterocycles. The molecule has 2 aromatic rings. The first-order chi connectivity index (χ1) is 12.0. The molecule has 1 heterocycles. The van der Waals surface area contributed by atoms with E-state index in [2.05, 4.69) is 26.0 Å². The number of amides is 2. The Morgan fingerprint density at radius 1 is 1.32 bits per heavy atom. The van der Waals surface area contributed by atoms with Gasteiger partial charge in [0.1, 0.15) is 10.8 Å². The molecule has 0 saturated carbocycles. The molecule has 132 valence electrons. The minimum absolute atomic E-state index is 0.0291. The van der Waals surface area contributed by atoms with E-state index < -0.39 is 10.7 Å². The molecule has 1 aromatic carbocycles. The molecule has 2 N–H and O–H groups in total.